The van der Waals surface area contributed by atoms with Crippen molar-refractivity contribution in [3.8, 4) is 0 Å². The van der Waals surface area contributed by atoms with E-state index in [-0.39, 0.29) is 0 Å². The molecule has 98 valence electrons. The van der Waals surface area contributed by atoms with Gasteiger partial charge in [0.1, 0.15) is 5.92 Å². The molecular formula is C16H17NO2. The van der Waals surface area contributed by atoms with Crippen LogP contribution in [0.5, 0.6) is 0 Å². The first kappa shape index (κ1) is 13.3. The van der Waals surface area contributed by atoms with Crippen LogP contribution in [-0.4, -0.2) is 16.1 Å². The number of aliphatic carboxylic acids is 1. The van der Waals surface area contributed by atoms with Crippen molar-refractivity contribution >= 4 is 5.97 Å². The van der Waals surface area contributed by atoms with Crippen LogP contribution >= 0.6 is 0 Å². The fourth-order valence-corrected chi connectivity index (χ4v) is 2.12. The van der Waals surface area contributed by atoms with Gasteiger partial charge in [0.25, 0.3) is 0 Å². The average Bonchev–Trinajstić information content (AvgIpc) is 2.39. The first-order valence-electron chi connectivity index (χ1n) is 6.28. The van der Waals surface area contributed by atoms with Crippen molar-refractivity contribution in [1.29, 1.82) is 0 Å². The van der Waals surface area contributed by atoms with Gasteiger partial charge in [-0.1, -0.05) is 35.9 Å². The Bertz CT molecular complexity index is 576. The number of benzene rings is 1. The van der Waals surface area contributed by atoms with Gasteiger partial charge in [-0.25, -0.2) is 0 Å². The lowest BCUT2D eigenvalue weighted by Crippen LogP contribution is -2.17. The van der Waals surface area contributed by atoms with Gasteiger partial charge in [0.2, 0.25) is 0 Å². The van der Waals surface area contributed by atoms with Crippen LogP contribution in [-0.2, 0) is 11.2 Å². The average molecular weight is 255 g/mol. The standard InChI is InChI=1S/C16H17NO2/c1-11-5-7-13(8-6-11)10-14(16(18)19)15-12(2)4-3-9-17-15/h3-9,14H,10H2,1-2H3,(H,18,19). The first-order valence-corrected chi connectivity index (χ1v) is 6.28. The molecule has 0 aliphatic carbocycles. The summed E-state index contributed by atoms with van der Waals surface area (Å²) < 4.78 is 0. The van der Waals surface area contributed by atoms with Crippen LogP contribution in [0.15, 0.2) is 42.6 Å². The second-order valence-corrected chi connectivity index (χ2v) is 4.79. The number of carbonyl (C=O) groups is 1. The molecule has 0 aliphatic heterocycles. The van der Waals surface area contributed by atoms with E-state index in [0.717, 1.165) is 11.1 Å². The molecular weight excluding hydrogens is 238 g/mol. The number of carboxylic acids is 1. The number of hydrogen-bond acceptors (Lipinski definition) is 2. The minimum absolute atomic E-state index is 0.466. The number of carboxylic acid groups (broad SMARTS) is 1. The van der Waals surface area contributed by atoms with Crippen LogP contribution in [0.1, 0.15) is 28.3 Å². The normalized spacial score (nSPS) is 12.1. The van der Waals surface area contributed by atoms with Gasteiger partial charge < -0.3 is 5.11 Å². The molecule has 0 aliphatic rings. The van der Waals surface area contributed by atoms with Gasteiger partial charge in [0.15, 0.2) is 0 Å². The molecule has 0 saturated heterocycles. The summed E-state index contributed by atoms with van der Waals surface area (Å²) in [6.45, 7) is 3.91. The highest BCUT2D eigenvalue weighted by Crippen LogP contribution is 2.22. The zero-order valence-corrected chi connectivity index (χ0v) is 11.1. The summed E-state index contributed by atoms with van der Waals surface area (Å²) in [7, 11) is 0. The topological polar surface area (TPSA) is 50.2 Å². The minimum atomic E-state index is -0.831. The quantitative estimate of drug-likeness (QED) is 0.913. The van der Waals surface area contributed by atoms with Crippen LogP contribution < -0.4 is 0 Å². The first-order chi connectivity index (χ1) is 9.08. The van der Waals surface area contributed by atoms with Crippen molar-refractivity contribution in [3.05, 3.63) is 65.0 Å². The fourth-order valence-electron chi connectivity index (χ4n) is 2.12. The fraction of sp³-hybridized carbons (Fsp3) is 0.250. The van der Waals surface area contributed by atoms with Crippen LogP contribution in [0.3, 0.4) is 0 Å². The smallest absolute Gasteiger partial charge is 0.312 e. The Hall–Kier alpha value is -2.16. The van der Waals surface area contributed by atoms with Crippen LogP contribution in [0.25, 0.3) is 0 Å². The maximum atomic E-state index is 11.5. The maximum absolute atomic E-state index is 11.5. The monoisotopic (exact) mass is 255 g/mol. The Balaban J connectivity index is 2.29. The van der Waals surface area contributed by atoms with Crippen LogP contribution in [0, 0.1) is 13.8 Å². The van der Waals surface area contributed by atoms with Crippen molar-refractivity contribution in [2.75, 3.05) is 0 Å². The minimum Gasteiger partial charge on any atom is -0.481 e. The summed E-state index contributed by atoms with van der Waals surface area (Å²) in [5, 5.41) is 9.43. The van der Waals surface area contributed by atoms with E-state index in [0.29, 0.717) is 12.1 Å². The molecule has 0 amide bonds. The van der Waals surface area contributed by atoms with Gasteiger partial charge in [0, 0.05) is 6.20 Å². The number of hydrogen-bond donors (Lipinski definition) is 1. The molecule has 3 nitrogen and oxygen atoms in total. The Morgan fingerprint density at radius 1 is 1.21 bits per heavy atom. The van der Waals surface area contributed by atoms with Gasteiger partial charge in [0.05, 0.1) is 5.69 Å². The molecule has 1 aromatic heterocycles. The summed E-state index contributed by atoms with van der Waals surface area (Å²) in [5.74, 6) is -1.42. The third-order valence-corrected chi connectivity index (χ3v) is 3.24. The molecule has 0 radical (unpaired) electrons. The Labute approximate surface area is 112 Å². The molecule has 1 heterocycles. The van der Waals surface area contributed by atoms with E-state index in [1.807, 2.05) is 50.2 Å². The number of aryl methyl sites for hydroxylation is 2. The largest absolute Gasteiger partial charge is 0.481 e. The molecule has 0 saturated carbocycles. The van der Waals surface area contributed by atoms with Crippen LogP contribution in [0.2, 0.25) is 0 Å². The molecule has 1 aromatic carbocycles. The van der Waals surface area contributed by atoms with Crippen molar-refractivity contribution in [3.63, 3.8) is 0 Å². The molecule has 0 spiro atoms. The van der Waals surface area contributed by atoms with Crippen molar-refractivity contribution < 1.29 is 9.90 Å². The lowest BCUT2D eigenvalue weighted by molar-refractivity contribution is -0.138. The summed E-state index contributed by atoms with van der Waals surface area (Å²) in [6, 6.07) is 11.7. The number of nitrogens with zero attached hydrogens (tertiary/aromatic N) is 1. The van der Waals surface area contributed by atoms with E-state index in [9.17, 15) is 9.90 Å². The number of rotatable bonds is 4. The van der Waals surface area contributed by atoms with E-state index < -0.39 is 11.9 Å². The molecule has 0 fully saturated rings. The molecule has 1 atom stereocenters. The van der Waals surface area contributed by atoms with Crippen molar-refractivity contribution in [2.24, 2.45) is 0 Å². The third-order valence-electron chi connectivity index (χ3n) is 3.24. The van der Waals surface area contributed by atoms with Gasteiger partial charge >= 0.3 is 5.97 Å². The second-order valence-electron chi connectivity index (χ2n) is 4.79. The molecule has 2 rings (SSSR count). The highest BCUT2D eigenvalue weighted by Gasteiger charge is 2.23. The number of aromatic nitrogens is 1. The number of pyridine rings is 1. The van der Waals surface area contributed by atoms with Gasteiger partial charge in [-0.3, -0.25) is 9.78 Å². The predicted octanol–water partition coefficient (Wildman–Crippen LogP) is 3.11. The van der Waals surface area contributed by atoms with Crippen molar-refractivity contribution in [2.45, 2.75) is 26.2 Å². The molecule has 1 unspecified atom stereocenters. The van der Waals surface area contributed by atoms with Gasteiger partial charge in [-0.05, 0) is 37.5 Å². The van der Waals surface area contributed by atoms with E-state index >= 15 is 0 Å². The lowest BCUT2D eigenvalue weighted by Gasteiger charge is -2.14. The Kier molecular flexibility index (Phi) is 3.95. The van der Waals surface area contributed by atoms with Crippen LogP contribution in [0.4, 0.5) is 0 Å². The third kappa shape index (κ3) is 3.19. The van der Waals surface area contributed by atoms with E-state index in [2.05, 4.69) is 4.98 Å². The molecule has 0 bridgehead atoms. The van der Waals surface area contributed by atoms with E-state index in [1.54, 1.807) is 6.20 Å². The highest BCUT2D eigenvalue weighted by atomic mass is 16.4. The highest BCUT2D eigenvalue weighted by molar-refractivity contribution is 5.76. The van der Waals surface area contributed by atoms with E-state index in [1.165, 1.54) is 5.56 Å². The summed E-state index contributed by atoms with van der Waals surface area (Å²) >= 11 is 0. The van der Waals surface area contributed by atoms with E-state index in [4.69, 9.17) is 0 Å². The molecule has 3 heteroatoms. The van der Waals surface area contributed by atoms with Crippen molar-refractivity contribution in [1.82, 2.24) is 4.98 Å². The predicted molar refractivity (Wildman–Crippen MR) is 74.2 cm³/mol. The molecule has 2 aromatic rings. The lowest BCUT2D eigenvalue weighted by atomic mass is 9.93. The van der Waals surface area contributed by atoms with Gasteiger partial charge in [-0.15, -0.1) is 0 Å². The Morgan fingerprint density at radius 3 is 2.47 bits per heavy atom. The summed E-state index contributed by atoms with van der Waals surface area (Å²) in [4.78, 5) is 15.7. The maximum Gasteiger partial charge on any atom is 0.312 e. The SMILES string of the molecule is Cc1ccc(CC(C(=O)O)c2ncccc2C)cc1. The summed E-state index contributed by atoms with van der Waals surface area (Å²) in [6.07, 6.45) is 2.11. The summed E-state index contributed by atoms with van der Waals surface area (Å²) in [5.41, 5.74) is 3.75. The molecule has 19 heavy (non-hydrogen) atoms. The zero-order valence-electron chi connectivity index (χ0n) is 11.1. The Morgan fingerprint density at radius 2 is 1.89 bits per heavy atom. The van der Waals surface area contributed by atoms with Gasteiger partial charge in [-0.2, -0.15) is 0 Å². The second kappa shape index (κ2) is 5.65. The zero-order chi connectivity index (χ0) is 13.8. The molecule has 1 N–H and O–H groups in total.